The van der Waals surface area contributed by atoms with Crippen LogP contribution in [0.3, 0.4) is 0 Å². The van der Waals surface area contributed by atoms with Crippen LogP contribution in [0.15, 0.2) is 0 Å². The minimum atomic E-state index is 0.0839. The summed E-state index contributed by atoms with van der Waals surface area (Å²) in [5.74, 6) is 0.0839. The van der Waals surface area contributed by atoms with Gasteiger partial charge in [0.1, 0.15) is 0 Å². The number of hydrogen-bond acceptors (Lipinski definition) is 2. The van der Waals surface area contributed by atoms with Crippen molar-refractivity contribution in [2.75, 3.05) is 13.1 Å². The standard InChI is InChI=1S/C11H20N2OS/c1-3-11(2)4-6-13(7-5-11)10(14)8-9(12)15/h3-8H2,1-2H3,(H2,12,15). The molecule has 0 aromatic rings. The highest BCUT2D eigenvalue weighted by molar-refractivity contribution is 7.80. The zero-order chi connectivity index (χ0) is 11.5. The summed E-state index contributed by atoms with van der Waals surface area (Å²) < 4.78 is 0. The Bertz CT molecular complexity index is 257. The lowest BCUT2D eigenvalue weighted by atomic mass is 9.78. The van der Waals surface area contributed by atoms with E-state index in [1.807, 2.05) is 4.90 Å². The van der Waals surface area contributed by atoms with E-state index < -0.39 is 0 Å². The molecule has 1 aliphatic heterocycles. The third kappa shape index (κ3) is 3.45. The Kier molecular flexibility index (Phi) is 4.08. The van der Waals surface area contributed by atoms with E-state index in [9.17, 15) is 4.79 Å². The summed E-state index contributed by atoms with van der Waals surface area (Å²) >= 11 is 4.74. The molecule has 0 saturated carbocycles. The number of nitrogens with two attached hydrogens (primary N) is 1. The molecule has 0 radical (unpaired) electrons. The SMILES string of the molecule is CCC1(C)CCN(C(=O)CC(N)=S)CC1. The maximum Gasteiger partial charge on any atom is 0.229 e. The molecule has 1 rings (SSSR count). The number of carbonyl (C=O) groups is 1. The predicted molar refractivity (Wildman–Crippen MR) is 65.6 cm³/mol. The fourth-order valence-corrected chi connectivity index (χ4v) is 2.03. The maximum atomic E-state index is 11.7. The lowest BCUT2D eigenvalue weighted by molar-refractivity contribution is -0.132. The maximum absolute atomic E-state index is 11.7. The highest BCUT2D eigenvalue weighted by atomic mass is 32.1. The highest BCUT2D eigenvalue weighted by Gasteiger charge is 2.30. The van der Waals surface area contributed by atoms with Crippen molar-refractivity contribution in [3.05, 3.63) is 0 Å². The van der Waals surface area contributed by atoms with Gasteiger partial charge in [-0.15, -0.1) is 0 Å². The molecule has 0 unspecified atom stereocenters. The summed E-state index contributed by atoms with van der Waals surface area (Å²) in [7, 11) is 0. The fraction of sp³-hybridized carbons (Fsp3) is 0.818. The Hall–Kier alpha value is -0.640. The van der Waals surface area contributed by atoms with Gasteiger partial charge >= 0.3 is 0 Å². The molecule has 0 bridgehead atoms. The van der Waals surface area contributed by atoms with Gasteiger partial charge in [-0.2, -0.15) is 0 Å². The molecule has 1 saturated heterocycles. The van der Waals surface area contributed by atoms with E-state index in [-0.39, 0.29) is 12.3 Å². The highest BCUT2D eigenvalue weighted by Crippen LogP contribution is 2.33. The Morgan fingerprint density at radius 2 is 2.00 bits per heavy atom. The van der Waals surface area contributed by atoms with Gasteiger partial charge in [0.15, 0.2) is 0 Å². The van der Waals surface area contributed by atoms with Crippen molar-refractivity contribution in [2.24, 2.45) is 11.1 Å². The predicted octanol–water partition coefficient (Wildman–Crippen LogP) is 1.70. The molecule has 3 nitrogen and oxygen atoms in total. The van der Waals surface area contributed by atoms with Crippen molar-refractivity contribution in [3.63, 3.8) is 0 Å². The first-order valence-corrected chi connectivity index (χ1v) is 5.94. The molecule has 1 amide bonds. The molecule has 0 aromatic heterocycles. The van der Waals surface area contributed by atoms with Crippen molar-refractivity contribution in [3.8, 4) is 0 Å². The van der Waals surface area contributed by atoms with Gasteiger partial charge in [-0.1, -0.05) is 32.5 Å². The first-order valence-electron chi connectivity index (χ1n) is 5.53. The molecule has 1 aliphatic rings. The molecule has 0 aromatic carbocycles. The Morgan fingerprint density at radius 1 is 1.47 bits per heavy atom. The molecule has 86 valence electrons. The summed E-state index contributed by atoms with van der Waals surface area (Å²) in [6.07, 6.45) is 3.58. The van der Waals surface area contributed by atoms with Gasteiger partial charge in [-0.3, -0.25) is 4.79 Å². The van der Waals surface area contributed by atoms with Crippen LogP contribution in [0.5, 0.6) is 0 Å². The Balaban J connectivity index is 2.43. The van der Waals surface area contributed by atoms with E-state index in [1.165, 1.54) is 6.42 Å². The van der Waals surface area contributed by atoms with Gasteiger partial charge in [0, 0.05) is 13.1 Å². The lowest BCUT2D eigenvalue weighted by Crippen LogP contribution is -2.42. The summed E-state index contributed by atoms with van der Waals surface area (Å²) in [5, 5.41) is 0. The number of likely N-dealkylation sites (tertiary alicyclic amines) is 1. The van der Waals surface area contributed by atoms with Gasteiger partial charge in [0.05, 0.1) is 11.4 Å². The summed E-state index contributed by atoms with van der Waals surface area (Å²) in [6.45, 7) is 6.21. The summed E-state index contributed by atoms with van der Waals surface area (Å²) in [5.41, 5.74) is 5.78. The average molecular weight is 228 g/mol. The van der Waals surface area contributed by atoms with E-state index in [0.29, 0.717) is 10.4 Å². The van der Waals surface area contributed by atoms with Gasteiger partial charge in [-0.05, 0) is 18.3 Å². The first-order chi connectivity index (χ1) is 6.97. The second-order valence-electron chi connectivity index (χ2n) is 4.69. The van der Waals surface area contributed by atoms with Crippen LogP contribution in [0.25, 0.3) is 0 Å². The van der Waals surface area contributed by atoms with Gasteiger partial charge < -0.3 is 10.6 Å². The number of carbonyl (C=O) groups excluding carboxylic acids is 1. The van der Waals surface area contributed by atoms with E-state index in [4.69, 9.17) is 18.0 Å². The molecule has 4 heteroatoms. The van der Waals surface area contributed by atoms with Crippen LogP contribution in [0.4, 0.5) is 0 Å². The minimum absolute atomic E-state index is 0.0839. The quantitative estimate of drug-likeness (QED) is 0.748. The van der Waals surface area contributed by atoms with Crippen LogP contribution in [0, 0.1) is 5.41 Å². The minimum Gasteiger partial charge on any atom is -0.393 e. The zero-order valence-electron chi connectivity index (χ0n) is 9.58. The van der Waals surface area contributed by atoms with Gasteiger partial charge in [0.25, 0.3) is 0 Å². The van der Waals surface area contributed by atoms with Crippen LogP contribution in [-0.2, 0) is 4.79 Å². The smallest absolute Gasteiger partial charge is 0.229 e. The Labute approximate surface area is 97.0 Å². The van der Waals surface area contributed by atoms with E-state index in [2.05, 4.69) is 13.8 Å². The van der Waals surface area contributed by atoms with Crippen LogP contribution >= 0.6 is 12.2 Å². The van der Waals surface area contributed by atoms with Crippen LogP contribution < -0.4 is 5.73 Å². The number of amides is 1. The number of rotatable bonds is 3. The molecular weight excluding hydrogens is 208 g/mol. The molecule has 0 spiro atoms. The molecule has 1 heterocycles. The molecular formula is C11H20N2OS. The monoisotopic (exact) mass is 228 g/mol. The normalized spacial score (nSPS) is 20.0. The summed E-state index contributed by atoms with van der Waals surface area (Å²) in [6, 6.07) is 0. The Morgan fingerprint density at radius 3 is 2.40 bits per heavy atom. The van der Waals surface area contributed by atoms with Crippen molar-refractivity contribution < 1.29 is 4.79 Å². The lowest BCUT2D eigenvalue weighted by Gasteiger charge is -2.38. The summed E-state index contributed by atoms with van der Waals surface area (Å²) in [4.78, 5) is 13.8. The van der Waals surface area contributed by atoms with Gasteiger partial charge in [-0.25, -0.2) is 0 Å². The number of nitrogens with zero attached hydrogens (tertiary/aromatic N) is 1. The van der Waals surface area contributed by atoms with E-state index in [1.54, 1.807) is 0 Å². The van der Waals surface area contributed by atoms with E-state index in [0.717, 1.165) is 25.9 Å². The third-order valence-corrected chi connectivity index (χ3v) is 3.65. The topological polar surface area (TPSA) is 46.3 Å². The zero-order valence-corrected chi connectivity index (χ0v) is 10.4. The number of piperidine rings is 1. The first kappa shape index (κ1) is 12.4. The number of hydrogen-bond donors (Lipinski definition) is 1. The van der Waals surface area contributed by atoms with Crippen LogP contribution in [0.2, 0.25) is 0 Å². The van der Waals surface area contributed by atoms with Crippen molar-refractivity contribution >= 4 is 23.1 Å². The largest absolute Gasteiger partial charge is 0.393 e. The average Bonchev–Trinajstić information content (AvgIpc) is 2.18. The second kappa shape index (κ2) is 4.92. The molecule has 2 N–H and O–H groups in total. The van der Waals surface area contributed by atoms with Crippen molar-refractivity contribution in [1.82, 2.24) is 4.90 Å². The number of thiocarbonyl (C=S) groups is 1. The van der Waals surface area contributed by atoms with Crippen LogP contribution in [-0.4, -0.2) is 28.9 Å². The molecule has 1 fully saturated rings. The van der Waals surface area contributed by atoms with E-state index >= 15 is 0 Å². The van der Waals surface area contributed by atoms with Crippen molar-refractivity contribution in [2.45, 2.75) is 39.5 Å². The van der Waals surface area contributed by atoms with Gasteiger partial charge in [0.2, 0.25) is 5.91 Å². The van der Waals surface area contributed by atoms with Crippen LogP contribution in [0.1, 0.15) is 39.5 Å². The van der Waals surface area contributed by atoms with Crippen molar-refractivity contribution in [1.29, 1.82) is 0 Å². The molecule has 0 aliphatic carbocycles. The second-order valence-corrected chi connectivity index (χ2v) is 5.21. The third-order valence-electron chi connectivity index (χ3n) is 3.50. The molecule has 15 heavy (non-hydrogen) atoms. The molecule has 0 atom stereocenters. The fourth-order valence-electron chi connectivity index (χ4n) is 1.91.